The Morgan fingerprint density at radius 2 is 1.79 bits per heavy atom. The summed E-state index contributed by atoms with van der Waals surface area (Å²) >= 11 is 6.29. The number of aromatic hydroxyl groups is 2. The third-order valence-corrected chi connectivity index (χ3v) is 7.20. The van der Waals surface area contributed by atoms with Crippen LogP contribution in [0.25, 0.3) is 17.2 Å². The molecule has 2 amide bonds. The van der Waals surface area contributed by atoms with Gasteiger partial charge in [-0.25, -0.2) is 13.6 Å². The SMILES string of the molecule is Cc1cc(-c2ccc(F)c(F)c2)cc(C=C2SC(=S)N(CCC(=O)Nc3ccc(C(=O)O)c(O)c3)C2=O)c1O. The van der Waals surface area contributed by atoms with Crippen molar-refractivity contribution >= 4 is 57.8 Å². The number of anilines is 1. The smallest absolute Gasteiger partial charge is 0.339 e. The fourth-order valence-electron chi connectivity index (χ4n) is 3.82. The first-order valence-corrected chi connectivity index (χ1v) is 12.6. The van der Waals surface area contributed by atoms with Crippen LogP contribution in [-0.4, -0.2) is 48.9 Å². The van der Waals surface area contributed by atoms with Gasteiger partial charge < -0.3 is 20.6 Å². The van der Waals surface area contributed by atoms with Gasteiger partial charge in [0.2, 0.25) is 5.91 Å². The van der Waals surface area contributed by atoms with E-state index in [1.54, 1.807) is 19.1 Å². The minimum Gasteiger partial charge on any atom is -0.507 e. The van der Waals surface area contributed by atoms with Crippen LogP contribution in [0.2, 0.25) is 0 Å². The molecule has 4 rings (SSSR count). The van der Waals surface area contributed by atoms with Gasteiger partial charge in [-0.1, -0.05) is 30.0 Å². The van der Waals surface area contributed by atoms with Gasteiger partial charge in [-0.15, -0.1) is 0 Å². The molecule has 0 aromatic heterocycles. The maximum Gasteiger partial charge on any atom is 0.339 e. The summed E-state index contributed by atoms with van der Waals surface area (Å²) in [5.74, 6) is -4.88. The molecule has 1 aliphatic rings. The second-order valence-corrected chi connectivity index (χ2v) is 10.2. The molecule has 39 heavy (non-hydrogen) atoms. The Morgan fingerprint density at radius 1 is 1.05 bits per heavy atom. The summed E-state index contributed by atoms with van der Waals surface area (Å²) in [5, 5.41) is 31.9. The molecule has 0 spiro atoms. The highest BCUT2D eigenvalue weighted by atomic mass is 32.2. The van der Waals surface area contributed by atoms with Gasteiger partial charge in [0.1, 0.15) is 21.4 Å². The molecule has 0 radical (unpaired) electrons. The van der Waals surface area contributed by atoms with Crippen LogP contribution in [0.4, 0.5) is 14.5 Å². The van der Waals surface area contributed by atoms with E-state index in [0.717, 1.165) is 36.0 Å². The van der Waals surface area contributed by atoms with Crippen molar-refractivity contribution in [1.29, 1.82) is 0 Å². The Bertz CT molecular complexity index is 1570. The number of phenolic OH excluding ortho intramolecular Hbond substituents is 1. The number of thioether (sulfide) groups is 1. The van der Waals surface area contributed by atoms with Crippen LogP contribution in [0, 0.1) is 18.6 Å². The van der Waals surface area contributed by atoms with Crippen LogP contribution in [0.1, 0.15) is 27.9 Å². The number of hydrogen-bond acceptors (Lipinski definition) is 7. The maximum absolute atomic E-state index is 13.8. The number of phenols is 2. The molecule has 1 fully saturated rings. The van der Waals surface area contributed by atoms with Crippen molar-refractivity contribution in [3.05, 3.63) is 81.8 Å². The fourth-order valence-corrected chi connectivity index (χ4v) is 5.12. The monoisotopic (exact) mass is 570 g/mol. The largest absolute Gasteiger partial charge is 0.507 e. The molecule has 1 heterocycles. The van der Waals surface area contributed by atoms with E-state index in [1.165, 1.54) is 23.1 Å². The number of amides is 2. The highest BCUT2D eigenvalue weighted by Gasteiger charge is 2.32. The van der Waals surface area contributed by atoms with Crippen molar-refractivity contribution in [3.8, 4) is 22.6 Å². The second kappa shape index (κ2) is 11.2. The van der Waals surface area contributed by atoms with Crippen LogP contribution in [0.3, 0.4) is 0 Å². The van der Waals surface area contributed by atoms with Crippen LogP contribution >= 0.6 is 24.0 Å². The van der Waals surface area contributed by atoms with Crippen molar-refractivity contribution in [2.45, 2.75) is 13.3 Å². The third-order valence-electron chi connectivity index (χ3n) is 5.82. The lowest BCUT2D eigenvalue weighted by atomic mass is 9.98. The highest BCUT2D eigenvalue weighted by molar-refractivity contribution is 8.26. The standard InChI is InChI=1S/C27H20F2N2O6S2/c1-13-8-15(14-2-5-19(28)20(29)10-14)9-16(24(13)34)11-22-25(35)31(27(38)39-22)7-6-23(33)30-17-3-4-18(26(36)37)21(32)12-17/h2-5,8-12,32,34H,6-7H2,1H3,(H,30,33)(H,36,37). The lowest BCUT2D eigenvalue weighted by Crippen LogP contribution is -2.31. The summed E-state index contributed by atoms with van der Waals surface area (Å²) in [7, 11) is 0. The number of carbonyl (C=O) groups is 3. The van der Waals surface area contributed by atoms with Gasteiger partial charge in [-0.3, -0.25) is 14.5 Å². The van der Waals surface area contributed by atoms with Crippen molar-refractivity contribution < 1.29 is 38.5 Å². The number of hydrogen-bond donors (Lipinski definition) is 4. The molecular weight excluding hydrogens is 550 g/mol. The van der Waals surface area contributed by atoms with E-state index in [2.05, 4.69) is 5.32 Å². The van der Waals surface area contributed by atoms with Gasteiger partial charge in [0, 0.05) is 30.3 Å². The molecule has 1 aliphatic heterocycles. The average Bonchev–Trinajstić information content (AvgIpc) is 3.13. The fraction of sp³-hybridized carbons (Fsp3) is 0.111. The first kappa shape index (κ1) is 27.7. The number of benzene rings is 3. The molecule has 0 bridgehead atoms. The molecule has 1 saturated heterocycles. The van der Waals surface area contributed by atoms with E-state index < -0.39 is 35.2 Å². The zero-order valence-electron chi connectivity index (χ0n) is 20.2. The van der Waals surface area contributed by atoms with Gasteiger partial charge >= 0.3 is 5.97 Å². The lowest BCUT2D eigenvalue weighted by Gasteiger charge is -2.14. The predicted molar refractivity (Wildman–Crippen MR) is 146 cm³/mol. The van der Waals surface area contributed by atoms with Crippen LogP contribution < -0.4 is 5.32 Å². The molecule has 0 aliphatic carbocycles. The molecule has 12 heteroatoms. The molecule has 0 atom stereocenters. The van der Waals surface area contributed by atoms with Crippen LogP contribution in [0.15, 0.2) is 53.4 Å². The number of carboxylic acids is 1. The van der Waals surface area contributed by atoms with Gasteiger partial charge in [0.05, 0.1) is 4.91 Å². The third kappa shape index (κ3) is 6.07. The van der Waals surface area contributed by atoms with Crippen molar-refractivity contribution in [2.75, 3.05) is 11.9 Å². The number of thiocarbonyl (C=S) groups is 1. The van der Waals surface area contributed by atoms with E-state index in [-0.39, 0.29) is 44.8 Å². The molecule has 0 saturated carbocycles. The summed E-state index contributed by atoms with van der Waals surface area (Å²) in [6.45, 7) is 1.59. The summed E-state index contributed by atoms with van der Waals surface area (Å²) < 4.78 is 27.3. The Hall–Kier alpha value is -4.29. The normalized spacial score (nSPS) is 14.2. The Morgan fingerprint density at radius 3 is 2.46 bits per heavy atom. The zero-order chi connectivity index (χ0) is 28.4. The molecule has 8 nitrogen and oxygen atoms in total. The molecule has 3 aromatic rings. The summed E-state index contributed by atoms with van der Waals surface area (Å²) in [4.78, 5) is 37.9. The van der Waals surface area contributed by atoms with E-state index in [9.17, 15) is 33.4 Å². The molecular formula is C27H20F2N2O6S2. The van der Waals surface area contributed by atoms with Gasteiger partial charge in [0.15, 0.2) is 11.6 Å². The Labute approximate surface area is 230 Å². The molecule has 3 aromatic carbocycles. The quantitative estimate of drug-likeness (QED) is 0.223. The second-order valence-electron chi connectivity index (χ2n) is 8.53. The van der Waals surface area contributed by atoms with Crippen LogP contribution in [-0.2, 0) is 9.59 Å². The molecule has 4 N–H and O–H groups in total. The van der Waals surface area contributed by atoms with Gasteiger partial charge in [-0.05, 0) is 66.1 Å². The van der Waals surface area contributed by atoms with Crippen molar-refractivity contribution in [2.24, 2.45) is 0 Å². The average molecular weight is 571 g/mol. The van der Waals surface area contributed by atoms with E-state index in [0.29, 0.717) is 16.7 Å². The Kier molecular flexibility index (Phi) is 7.98. The van der Waals surface area contributed by atoms with Gasteiger partial charge in [0.25, 0.3) is 5.91 Å². The van der Waals surface area contributed by atoms with E-state index in [4.69, 9.17) is 17.3 Å². The number of nitrogens with one attached hydrogen (secondary N) is 1. The first-order chi connectivity index (χ1) is 18.4. The highest BCUT2D eigenvalue weighted by Crippen LogP contribution is 2.37. The van der Waals surface area contributed by atoms with Crippen molar-refractivity contribution in [1.82, 2.24) is 4.90 Å². The first-order valence-electron chi connectivity index (χ1n) is 11.3. The Balaban J connectivity index is 1.48. The number of rotatable bonds is 7. The number of carboxylic acid groups (broad SMARTS) is 1. The number of aromatic carboxylic acids is 1. The van der Waals surface area contributed by atoms with E-state index in [1.807, 2.05) is 0 Å². The van der Waals surface area contributed by atoms with Crippen molar-refractivity contribution in [3.63, 3.8) is 0 Å². The number of nitrogens with zero attached hydrogens (tertiary/aromatic N) is 1. The minimum atomic E-state index is -1.31. The molecule has 200 valence electrons. The number of halogens is 2. The minimum absolute atomic E-state index is 0.0487. The van der Waals surface area contributed by atoms with Crippen LogP contribution in [0.5, 0.6) is 11.5 Å². The van der Waals surface area contributed by atoms with Gasteiger partial charge in [-0.2, -0.15) is 0 Å². The summed E-state index contributed by atoms with van der Waals surface area (Å²) in [6.07, 6.45) is 1.30. The van der Waals surface area contributed by atoms with E-state index >= 15 is 0 Å². The number of aryl methyl sites for hydroxylation is 1. The lowest BCUT2D eigenvalue weighted by molar-refractivity contribution is -0.122. The molecule has 0 unspecified atom stereocenters. The maximum atomic E-state index is 13.8. The summed E-state index contributed by atoms with van der Waals surface area (Å²) in [5.41, 5.74) is 1.49. The zero-order valence-corrected chi connectivity index (χ0v) is 21.8. The topological polar surface area (TPSA) is 127 Å². The summed E-state index contributed by atoms with van der Waals surface area (Å²) in [6, 6.07) is 10.2. The number of carbonyl (C=O) groups excluding carboxylic acids is 2. The predicted octanol–water partition coefficient (Wildman–Crippen LogP) is 5.28.